The van der Waals surface area contributed by atoms with Crippen LogP contribution in [-0.2, 0) is 7.05 Å². The number of alkyl halides is 3. The summed E-state index contributed by atoms with van der Waals surface area (Å²) in [6.45, 7) is 0.568. The molecule has 0 saturated heterocycles. The molecule has 1 amide bonds. The molecule has 0 spiro atoms. The standard InChI is InChI=1S/C13H13BrN4O2.C7H4F4O/c1-18-9(7-16-13(18)14)12(19)17-8-4-6-20-10-3-2-5-15-11(8)10;8-5-3-1-2-4-6(5)12-7(9,10)11/h2-3,5,7-8H,4,6H2,1H3,(H,17,19);1-4H. The molecule has 1 unspecified atom stereocenters. The molecule has 2 aromatic heterocycles. The first-order valence-electron chi connectivity index (χ1n) is 9.22. The minimum atomic E-state index is -4.85. The maximum atomic E-state index is 12.5. The van der Waals surface area contributed by atoms with Crippen LogP contribution in [0.25, 0.3) is 0 Å². The van der Waals surface area contributed by atoms with Crippen LogP contribution in [0.1, 0.15) is 28.6 Å². The predicted molar refractivity (Wildman–Crippen MR) is 109 cm³/mol. The number of nitrogens with zero attached hydrogens (tertiary/aromatic N) is 3. The molecule has 32 heavy (non-hydrogen) atoms. The van der Waals surface area contributed by atoms with Gasteiger partial charge in [0.2, 0.25) is 0 Å². The monoisotopic (exact) mass is 516 g/mol. The van der Waals surface area contributed by atoms with E-state index in [2.05, 4.69) is 36.0 Å². The third-order valence-electron chi connectivity index (χ3n) is 4.33. The number of hydrogen-bond donors (Lipinski definition) is 1. The Morgan fingerprint density at radius 1 is 1.25 bits per heavy atom. The summed E-state index contributed by atoms with van der Waals surface area (Å²) >= 11 is 3.27. The van der Waals surface area contributed by atoms with Crippen LogP contribution in [0.4, 0.5) is 17.6 Å². The molecule has 0 bridgehead atoms. The van der Waals surface area contributed by atoms with Crippen LogP contribution in [0.3, 0.4) is 0 Å². The summed E-state index contributed by atoms with van der Waals surface area (Å²) in [5, 5.41) is 2.98. The zero-order valence-corrected chi connectivity index (χ0v) is 18.2. The fourth-order valence-corrected chi connectivity index (χ4v) is 3.13. The molecule has 3 aromatic rings. The number of para-hydroxylation sites is 1. The van der Waals surface area contributed by atoms with Crippen LogP contribution in [0.5, 0.6) is 11.5 Å². The molecule has 0 radical (unpaired) electrons. The number of pyridine rings is 1. The summed E-state index contributed by atoms with van der Waals surface area (Å²) in [4.78, 5) is 20.7. The van der Waals surface area contributed by atoms with Gasteiger partial charge in [-0.3, -0.25) is 9.78 Å². The Hall–Kier alpha value is -3.15. The first-order valence-corrected chi connectivity index (χ1v) is 10.0. The number of benzene rings is 1. The van der Waals surface area contributed by atoms with Crippen LogP contribution < -0.4 is 14.8 Å². The van der Waals surface area contributed by atoms with Gasteiger partial charge in [-0.15, -0.1) is 13.2 Å². The van der Waals surface area contributed by atoms with Crippen LogP contribution in [-0.4, -0.2) is 33.4 Å². The van der Waals surface area contributed by atoms with Crippen molar-refractivity contribution in [2.45, 2.75) is 18.8 Å². The highest BCUT2D eigenvalue weighted by Gasteiger charge is 2.32. The predicted octanol–water partition coefficient (Wildman–Crippen LogP) is 4.56. The molecule has 170 valence electrons. The lowest BCUT2D eigenvalue weighted by atomic mass is 10.1. The molecule has 1 atom stereocenters. The fraction of sp³-hybridized carbons (Fsp3) is 0.250. The quantitative estimate of drug-likeness (QED) is 0.516. The number of imidazole rings is 1. The minimum absolute atomic E-state index is 0.138. The Morgan fingerprint density at radius 3 is 2.66 bits per heavy atom. The molecule has 4 rings (SSSR count). The van der Waals surface area contributed by atoms with Crippen molar-refractivity contribution in [3.63, 3.8) is 0 Å². The zero-order valence-electron chi connectivity index (χ0n) is 16.6. The highest BCUT2D eigenvalue weighted by atomic mass is 79.9. The van der Waals surface area contributed by atoms with Gasteiger partial charge in [-0.05, 0) is 40.2 Å². The second-order valence-corrected chi connectivity index (χ2v) is 7.21. The van der Waals surface area contributed by atoms with Crippen molar-refractivity contribution in [1.82, 2.24) is 19.9 Å². The maximum absolute atomic E-state index is 12.5. The van der Waals surface area contributed by atoms with Gasteiger partial charge in [0.15, 0.2) is 16.3 Å². The number of halogens is 5. The number of amides is 1. The van der Waals surface area contributed by atoms with Gasteiger partial charge in [0.1, 0.15) is 17.1 Å². The molecule has 3 heterocycles. The molecule has 1 aromatic carbocycles. The summed E-state index contributed by atoms with van der Waals surface area (Å²) in [5.74, 6) is -1.29. The average molecular weight is 517 g/mol. The van der Waals surface area contributed by atoms with Crippen molar-refractivity contribution >= 4 is 21.8 Å². The van der Waals surface area contributed by atoms with E-state index >= 15 is 0 Å². The van der Waals surface area contributed by atoms with Crippen molar-refractivity contribution in [3.05, 3.63) is 70.7 Å². The first kappa shape index (κ1) is 23.5. The van der Waals surface area contributed by atoms with Crippen LogP contribution in [0, 0.1) is 5.82 Å². The lowest BCUT2D eigenvalue weighted by Gasteiger charge is -2.25. The number of nitrogens with one attached hydrogen (secondary N) is 1. The third kappa shape index (κ3) is 5.96. The van der Waals surface area contributed by atoms with Crippen LogP contribution in [0.2, 0.25) is 0 Å². The number of carbonyl (C=O) groups excluding carboxylic acids is 1. The summed E-state index contributed by atoms with van der Waals surface area (Å²) in [7, 11) is 1.78. The van der Waals surface area contributed by atoms with Gasteiger partial charge in [-0.25, -0.2) is 9.37 Å². The van der Waals surface area contributed by atoms with E-state index in [1.54, 1.807) is 17.8 Å². The molecular weight excluding hydrogens is 500 g/mol. The summed E-state index contributed by atoms with van der Waals surface area (Å²) in [6.07, 6.45) is -0.900. The smallest absolute Gasteiger partial charge is 0.491 e. The van der Waals surface area contributed by atoms with Crippen molar-refractivity contribution in [2.24, 2.45) is 7.05 Å². The molecule has 0 fully saturated rings. The van der Waals surface area contributed by atoms with Crippen molar-refractivity contribution < 1.29 is 31.8 Å². The molecule has 0 saturated carbocycles. The first-order chi connectivity index (χ1) is 15.2. The van der Waals surface area contributed by atoms with Gasteiger partial charge in [0, 0.05) is 19.7 Å². The number of carbonyl (C=O) groups is 1. The van der Waals surface area contributed by atoms with Crippen LogP contribution in [0.15, 0.2) is 53.5 Å². The molecule has 1 aliphatic rings. The van der Waals surface area contributed by atoms with E-state index in [9.17, 15) is 22.4 Å². The SMILES string of the molecule is Cn1c(C(=O)NC2CCOc3cccnc32)cnc1Br.Fc1ccccc1OC(F)(F)F. The van der Waals surface area contributed by atoms with Gasteiger partial charge < -0.3 is 19.4 Å². The molecule has 1 N–H and O–H groups in total. The Kier molecular flexibility index (Phi) is 7.33. The molecule has 7 nitrogen and oxygen atoms in total. The second-order valence-electron chi connectivity index (χ2n) is 6.50. The number of fused-ring (bicyclic) bond motifs is 1. The van der Waals surface area contributed by atoms with E-state index in [-0.39, 0.29) is 11.9 Å². The summed E-state index contributed by atoms with van der Waals surface area (Å²) in [5.41, 5.74) is 1.27. The van der Waals surface area contributed by atoms with Gasteiger partial charge in [-0.1, -0.05) is 12.1 Å². The molecule has 12 heteroatoms. The Labute approximate surface area is 188 Å². The van der Waals surface area contributed by atoms with Gasteiger partial charge in [0.25, 0.3) is 5.91 Å². The second kappa shape index (κ2) is 9.98. The number of rotatable bonds is 3. The minimum Gasteiger partial charge on any atom is -0.491 e. The van der Waals surface area contributed by atoms with Crippen LogP contribution >= 0.6 is 15.9 Å². The number of ether oxygens (including phenoxy) is 2. The Bertz CT molecular complexity index is 1090. The Morgan fingerprint density at radius 2 is 2.00 bits per heavy atom. The lowest BCUT2D eigenvalue weighted by molar-refractivity contribution is -0.275. The van der Waals surface area contributed by atoms with E-state index in [4.69, 9.17) is 4.74 Å². The fourth-order valence-electron chi connectivity index (χ4n) is 2.83. The largest absolute Gasteiger partial charge is 0.573 e. The zero-order chi connectivity index (χ0) is 23.3. The average Bonchev–Trinajstić information content (AvgIpc) is 3.08. The van der Waals surface area contributed by atoms with Crippen molar-refractivity contribution in [3.8, 4) is 11.5 Å². The van der Waals surface area contributed by atoms with E-state index < -0.39 is 17.9 Å². The maximum Gasteiger partial charge on any atom is 0.573 e. The normalized spacial score (nSPS) is 15.0. The van der Waals surface area contributed by atoms with Crippen molar-refractivity contribution in [1.29, 1.82) is 0 Å². The van der Waals surface area contributed by atoms with Gasteiger partial charge in [0.05, 0.1) is 18.8 Å². The topological polar surface area (TPSA) is 78.3 Å². The highest BCUT2D eigenvalue weighted by Crippen LogP contribution is 2.30. The van der Waals surface area contributed by atoms with E-state index in [1.165, 1.54) is 18.3 Å². The highest BCUT2D eigenvalue weighted by molar-refractivity contribution is 9.10. The van der Waals surface area contributed by atoms with E-state index in [0.717, 1.165) is 23.6 Å². The molecule has 0 aliphatic carbocycles. The van der Waals surface area contributed by atoms with Gasteiger partial charge in [-0.2, -0.15) is 0 Å². The third-order valence-corrected chi connectivity index (χ3v) is 5.06. The molecule has 1 aliphatic heterocycles. The number of hydrogen-bond acceptors (Lipinski definition) is 5. The van der Waals surface area contributed by atoms with Gasteiger partial charge >= 0.3 is 6.36 Å². The summed E-state index contributed by atoms with van der Waals surface area (Å²) < 4.78 is 58.3. The van der Waals surface area contributed by atoms with Crippen molar-refractivity contribution in [2.75, 3.05) is 6.61 Å². The lowest BCUT2D eigenvalue weighted by Crippen LogP contribution is -2.33. The molecular formula is C20H17BrF4N4O3. The summed E-state index contributed by atoms with van der Waals surface area (Å²) in [6, 6.07) is 7.87. The number of aromatic nitrogens is 3. The van der Waals surface area contributed by atoms with E-state index in [1.807, 2.05) is 12.1 Å². The Balaban J connectivity index is 0.000000207. The van der Waals surface area contributed by atoms with E-state index in [0.29, 0.717) is 23.5 Å².